The van der Waals surface area contributed by atoms with E-state index in [1.54, 1.807) is 0 Å². The van der Waals surface area contributed by atoms with Crippen molar-refractivity contribution in [1.82, 2.24) is 10.2 Å². The Morgan fingerprint density at radius 1 is 1.00 bits per heavy atom. The minimum absolute atomic E-state index is 0.0938. The lowest BCUT2D eigenvalue weighted by Crippen LogP contribution is -2.51. The zero-order valence-electron chi connectivity index (χ0n) is 16.1. The van der Waals surface area contributed by atoms with Crippen LogP contribution < -0.4 is 5.32 Å². The van der Waals surface area contributed by atoms with Gasteiger partial charge in [0.1, 0.15) is 0 Å². The van der Waals surface area contributed by atoms with Gasteiger partial charge in [-0.15, -0.1) is 0 Å². The van der Waals surface area contributed by atoms with Crippen LogP contribution in [-0.2, 0) is 9.84 Å². The highest BCUT2D eigenvalue weighted by Crippen LogP contribution is 2.22. The number of nitrogens with one attached hydrogen (secondary N) is 1. The molecule has 1 unspecified atom stereocenters. The van der Waals surface area contributed by atoms with Crippen LogP contribution >= 0.6 is 0 Å². The lowest BCUT2D eigenvalue weighted by atomic mass is 9.89. The van der Waals surface area contributed by atoms with Gasteiger partial charge in [-0.05, 0) is 39.0 Å². The predicted octanol–water partition coefficient (Wildman–Crippen LogP) is 3.08. The molecule has 0 aromatic heterocycles. The van der Waals surface area contributed by atoms with Gasteiger partial charge in [-0.1, -0.05) is 33.6 Å². The van der Waals surface area contributed by atoms with Gasteiger partial charge in [0, 0.05) is 31.2 Å². The quantitative estimate of drug-likeness (QED) is 0.720. The average Bonchev–Trinajstić information content (AvgIpc) is 2.34. The van der Waals surface area contributed by atoms with E-state index in [1.165, 1.54) is 19.3 Å². The summed E-state index contributed by atoms with van der Waals surface area (Å²) in [5.41, 5.74) is 0.505. The standard InChI is InChI=1S/C18H38N2O2S/c1-17(2,3)10-8-7-9-16(19-18(4,5)6)15-20-11-13-23(21,22)14-12-20/h16,19H,7-15H2,1-6H3. The third kappa shape index (κ3) is 10.4. The maximum Gasteiger partial charge on any atom is 0.152 e. The molecule has 1 N–H and O–H groups in total. The van der Waals surface area contributed by atoms with E-state index in [0.29, 0.717) is 36.1 Å². The molecule has 1 aliphatic heterocycles. The fourth-order valence-corrected chi connectivity index (χ4v) is 4.39. The smallest absolute Gasteiger partial charge is 0.152 e. The highest BCUT2D eigenvalue weighted by Gasteiger charge is 2.25. The summed E-state index contributed by atoms with van der Waals surface area (Å²) >= 11 is 0. The molecule has 0 aliphatic carbocycles. The summed E-state index contributed by atoms with van der Waals surface area (Å²) in [5, 5.41) is 3.73. The lowest BCUT2D eigenvalue weighted by molar-refractivity contribution is 0.223. The van der Waals surface area contributed by atoms with E-state index in [4.69, 9.17) is 0 Å². The van der Waals surface area contributed by atoms with Gasteiger partial charge in [0.2, 0.25) is 0 Å². The summed E-state index contributed by atoms with van der Waals surface area (Å²) in [5.74, 6) is 0.637. The number of unbranched alkanes of at least 4 members (excludes halogenated alkanes) is 1. The van der Waals surface area contributed by atoms with Gasteiger partial charge in [0.15, 0.2) is 9.84 Å². The summed E-state index contributed by atoms with van der Waals surface area (Å²) in [7, 11) is -2.79. The molecule has 5 heteroatoms. The molecule has 23 heavy (non-hydrogen) atoms. The molecule has 0 spiro atoms. The van der Waals surface area contributed by atoms with Crippen LogP contribution in [0.1, 0.15) is 67.2 Å². The van der Waals surface area contributed by atoms with E-state index in [-0.39, 0.29) is 5.54 Å². The van der Waals surface area contributed by atoms with Crippen LogP contribution in [0.4, 0.5) is 0 Å². The molecule has 0 amide bonds. The Morgan fingerprint density at radius 3 is 2.04 bits per heavy atom. The van der Waals surface area contributed by atoms with Crippen molar-refractivity contribution >= 4 is 9.84 Å². The van der Waals surface area contributed by atoms with Crippen molar-refractivity contribution in [3.8, 4) is 0 Å². The third-order valence-electron chi connectivity index (χ3n) is 4.28. The first-order chi connectivity index (χ1) is 10.4. The van der Waals surface area contributed by atoms with Gasteiger partial charge in [-0.2, -0.15) is 0 Å². The highest BCUT2D eigenvalue weighted by molar-refractivity contribution is 7.91. The molecule has 0 radical (unpaired) electrons. The lowest BCUT2D eigenvalue weighted by Gasteiger charge is -2.34. The van der Waals surface area contributed by atoms with E-state index in [2.05, 4.69) is 51.8 Å². The molecule has 1 atom stereocenters. The first-order valence-corrected chi connectivity index (χ1v) is 10.9. The summed E-state index contributed by atoms with van der Waals surface area (Å²) in [6.07, 6.45) is 4.92. The fraction of sp³-hybridized carbons (Fsp3) is 1.00. The zero-order valence-corrected chi connectivity index (χ0v) is 16.9. The summed E-state index contributed by atoms with van der Waals surface area (Å²) in [6, 6.07) is 0.441. The predicted molar refractivity (Wildman–Crippen MR) is 99.7 cm³/mol. The summed E-state index contributed by atoms with van der Waals surface area (Å²) < 4.78 is 23.1. The van der Waals surface area contributed by atoms with Crippen LogP contribution in [0.5, 0.6) is 0 Å². The molecular formula is C18H38N2O2S. The monoisotopic (exact) mass is 346 g/mol. The molecule has 138 valence electrons. The third-order valence-corrected chi connectivity index (χ3v) is 5.89. The number of hydrogen-bond donors (Lipinski definition) is 1. The Bertz CT molecular complexity index is 433. The minimum Gasteiger partial charge on any atom is -0.308 e. The normalized spacial score (nSPS) is 21.3. The van der Waals surface area contributed by atoms with Crippen molar-refractivity contribution in [2.24, 2.45) is 5.41 Å². The Morgan fingerprint density at radius 2 is 1.57 bits per heavy atom. The second kappa shape index (κ2) is 8.30. The molecule has 1 aliphatic rings. The van der Waals surface area contributed by atoms with Crippen molar-refractivity contribution < 1.29 is 8.42 Å². The molecule has 0 bridgehead atoms. The Balaban J connectivity index is 2.46. The van der Waals surface area contributed by atoms with Gasteiger partial charge in [0.05, 0.1) is 11.5 Å². The molecule has 1 rings (SSSR count). The molecule has 1 heterocycles. The van der Waals surface area contributed by atoms with Crippen LogP contribution in [-0.4, -0.2) is 56.0 Å². The molecular weight excluding hydrogens is 308 g/mol. The van der Waals surface area contributed by atoms with Gasteiger partial charge in [0.25, 0.3) is 0 Å². The van der Waals surface area contributed by atoms with Crippen molar-refractivity contribution in [2.45, 2.75) is 78.8 Å². The van der Waals surface area contributed by atoms with Crippen molar-refractivity contribution in [3.05, 3.63) is 0 Å². The largest absolute Gasteiger partial charge is 0.308 e. The second-order valence-electron chi connectivity index (χ2n) is 9.35. The van der Waals surface area contributed by atoms with Gasteiger partial charge < -0.3 is 5.32 Å². The zero-order chi connectivity index (χ0) is 17.7. The summed E-state index contributed by atoms with van der Waals surface area (Å²) in [4.78, 5) is 2.31. The topological polar surface area (TPSA) is 49.4 Å². The van der Waals surface area contributed by atoms with Crippen molar-refractivity contribution in [3.63, 3.8) is 0 Å². The highest BCUT2D eigenvalue weighted by atomic mass is 32.2. The molecule has 0 aromatic rings. The average molecular weight is 347 g/mol. The number of hydrogen-bond acceptors (Lipinski definition) is 4. The van der Waals surface area contributed by atoms with Crippen LogP contribution in [0.25, 0.3) is 0 Å². The SMILES string of the molecule is CC(C)(C)CCCCC(CN1CCS(=O)(=O)CC1)NC(C)(C)C. The van der Waals surface area contributed by atoms with E-state index < -0.39 is 9.84 Å². The van der Waals surface area contributed by atoms with Crippen LogP contribution in [0, 0.1) is 5.41 Å². The first-order valence-electron chi connectivity index (χ1n) is 9.07. The Hall–Kier alpha value is -0.130. The van der Waals surface area contributed by atoms with Gasteiger partial charge >= 0.3 is 0 Å². The Labute approximate surface area is 144 Å². The second-order valence-corrected chi connectivity index (χ2v) is 11.7. The molecule has 1 saturated heterocycles. The minimum atomic E-state index is -2.79. The van der Waals surface area contributed by atoms with E-state index >= 15 is 0 Å². The van der Waals surface area contributed by atoms with Crippen LogP contribution in [0.15, 0.2) is 0 Å². The maximum atomic E-state index is 11.6. The molecule has 4 nitrogen and oxygen atoms in total. The molecule has 0 saturated carbocycles. The van der Waals surface area contributed by atoms with Crippen molar-refractivity contribution in [1.29, 1.82) is 0 Å². The number of sulfone groups is 1. The maximum absolute atomic E-state index is 11.6. The van der Waals surface area contributed by atoms with E-state index in [9.17, 15) is 8.42 Å². The number of rotatable bonds is 7. The van der Waals surface area contributed by atoms with E-state index in [0.717, 1.165) is 13.0 Å². The first kappa shape index (κ1) is 20.9. The van der Waals surface area contributed by atoms with E-state index in [1.807, 2.05) is 0 Å². The fourth-order valence-electron chi connectivity index (χ4n) is 3.11. The van der Waals surface area contributed by atoms with Crippen LogP contribution in [0.3, 0.4) is 0 Å². The van der Waals surface area contributed by atoms with Crippen molar-refractivity contribution in [2.75, 3.05) is 31.1 Å². The molecule has 1 fully saturated rings. The van der Waals surface area contributed by atoms with Gasteiger partial charge in [-0.25, -0.2) is 8.42 Å². The molecule has 0 aromatic carbocycles. The summed E-state index contributed by atoms with van der Waals surface area (Å²) in [6.45, 7) is 15.8. The Kier molecular flexibility index (Phi) is 7.55. The number of nitrogens with zero attached hydrogens (tertiary/aromatic N) is 1. The van der Waals surface area contributed by atoms with Crippen LogP contribution in [0.2, 0.25) is 0 Å². The van der Waals surface area contributed by atoms with Gasteiger partial charge in [-0.3, -0.25) is 4.90 Å².